The van der Waals surface area contributed by atoms with Crippen LogP contribution in [0.5, 0.6) is 0 Å². The summed E-state index contributed by atoms with van der Waals surface area (Å²) in [5.41, 5.74) is 5.09. The predicted octanol–water partition coefficient (Wildman–Crippen LogP) is 2.93. The van der Waals surface area contributed by atoms with Gasteiger partial charge in [0.15, 0.2) is 0 Å². The molecule has 3 rings (SSSR count). The van der Waals surface area contributed by atoms with Gasteiger partial charge in [-0.1, -0.05) is 18.2 Å². The Morgan fingerprint density at radius 1 is 1.42 bits per heavy atom. The summed E-state index contributed by atoms with van der Waals surface area (Å²) in [4.78, 5) is 4.29. The Bertz CT molecular complexity index is 643. The molecule has 96 valence electrons. The molecule has 2 heterocycles. The highest BCUT2D eigenvalue weighted by atomic mass is 15.0. The van der Waals surface area contributed by atoms with Gasteiger partial charge in [-0.15, -0.1) is 11.8 Å². The minimum atomic E-state index is 0.863. The minimum Gasteiger partial charge on any atom is -0.384 e. The number of hydrogen-bond donors (Lipinski definition) is 1. The average molecular weight is 251 g/mol. The highest BCUT2D eigenvalue weighted by molar-refractivity contribution is 5.79. The first-order valence-corrected chi connectivity index (χ1v) is 6.66. The van der Waals surface area contributed by atoms with Crippen molar-refractivity contribution in [2.75, 3.05) is 11.9 Å². The first kappa shape index (κ1) is 11.9. The van der Waals surface area contributed by atoms with Crippen LogP contribution in [0.3, 0.4) is 0 Å². The molecule has 0 spiro atoms. The summed E-state index contributed by atoms with van der Waals surface area (Å²) in [6.07, 6.45) is 5.80. The summed E-state index contributed by atoms with van der Waals surface area (Å²) in [6.45, 7) is 3.80. The van der Waals surface area contributed by atoms with Crippen molar-refractivity contribution in [3.63, 3.8) is 0 Å². The molecule has 0 atom stereocenters. The minimum absolute atomic E-state index is 0.863. The van der Waals surface area contributed by atoms with E-state index in [4.69, 9.17) is 0 Å². The van der Waals surface area contributed by atoms with Crippen LogP contribution in [-0.2, 0) is 13.0 Å². The van der Waals surface area contributed by atoms with E-state index in [9.17, 15) is 0 Å². The molecular weight excluding hydrogens is 234 g/mol. The zero-order valence-electron chi connectivity index (χ0n) is 11.1. The van der Waals surface area contributed by atoms with E-state index in [1.807, 2.05) is 19.4 Å². The van der Waals surface area contributed by atoms with Gasteiger partial charge in [0.05, 0.1) is 18.2 Å². The van der Waals surface area contributed by atoms with E-state index in [1.54, 1.807) is 0 Å². The number of rotatable bonds is 3. The molecule has 3 nitrogen and oxygen atoms in total. The van der Waals surface area contributed by atoms with Crippen LogP contribution in [-0.4, -0.2) is 16.1 Å². The summed E-state index contributed by atoms with van der Waals surface area (Å²) in [6, 6.07) is 6.49. The number of aromatic nitrogens is 2. The van der Waals surface area contributed by atoms with Crippen molar-refractivity contribution in [2.45, 2.75) is 26.3 Å². The van der Waals surface area contributed by atoms with Crippen LogP contribution in [0.25, 0.3) is 11.3 Å². The molecule has 1 aliphatic rings. The first-order chi connectivity index (χ1) is 9.40. The second-order valence-corrected chi connectivity index (χ2v) is 4.67. The summed E-state index contributed by atoms with van der Waals surface area (Å²) in [7, 11) is 0. The third kappa shape index (κ3) is 2.22. The molecule has 1 N–H and O–H groups in total. The smallest absolute Gasteiger partial charge is 0.0951 e. The molecule has 1 aliphatic heterocycles. The Morgan fingerprint density at radius 3 is 3.26 bits per heavy atom. The molecule has 1 aromatic heterocycles. The molecule has 0 fully saturated rings. The van der Waals surface area contributed by atoms with Gasteiger partial charge < -0.3 is 9.88 Å². The van der Waals surface area contributed by atoms with E-state index in [1.165, 1.54) is 22.5 Å². The van der Waals surface area contributed by atoms with Crippen molar-refractivity contribution in [1.29, 1.82) is 0 Å². The Labute approximate surface area is 113 Å². The fourth-order valence-corrected chi connectivity index (χ4v) is 2.58. The maximum Gasteiger partial charge on any atom is 0.0951 e. The van der Waals surface area contributed by atoms with Gasteiger partial charge in [0.25, 0.3) is 0 Å². The molecule has 0 saturated carbocycles. The number of benzene rings is 1. The van der Waals surface area contributed by atoms with Gasteiger partial charge in [-0.3, -0.25) is 0 Å². The molecule has 2 aromatic rings. The monoisotopic (exact) mass is 251 g/mol. The number of aryl methyl sites for hydroxylation is 1. The summed E-state index contributed by atoms with van der Waals surface area (Å²) in [5, 5.41) is 3.48. The normalized spacial score (nSPS) is 12.5. The summed E-state index contributed by atoms with van der Waals surface area (Å²) >= 11 is 0. The second kappa shape index (κ2) is 5.19. The largest absolute Gasteiger partial charge is 0.384 e. The SMILES string of the molecule is CC#CCCn1cncc1-c1cccc2c1NCC2. The van der Waals surface area contributed by atoms with E-state index >= 15 is 0 Å². The number of para-hydroxylation sites is 1. The third-order valence-electron chi connectivity index (χ3n) is 3.49. The van der Waals surface area contributed by atoms with Crippen LogP contribution in [0.4, 0.5) is 5.69 Å². The Hall–Kier alpha value is -2.21. The van der Waals surface area contributed by atoms with Crippen LogP contribution < -0.4 is 5.32 Å². The highest BCUT2D eigenvalue weighted by Gasteiger charge is 2.16. The van der Waals surface area contributed by atoms with E-state index in [0.717, 1.165) is 25.9 Å². The fourth-order valence-electron chi connectivity index (χ4n) is 2.58. The van der Waals surface area contributed by atoms with Crippen LogP contribution in [0.1, 0.15) is 18.9 Å². The number of fused-ring (bicyclic) bond motifs is 1. The summed E-state index contributed by atoms with van der Waals surface area (Å²) in [5.74, 6) is 6.04. The topological polar surface area (TPSA) is 29.9 Å². The van der Waals surface area contributed by atoms with Crippen molar-refractivity contribution >= 4 is 5.69 Å². The van der Waals surface area contributed by atoms with E-state index in [2.05, 4.69) is 44.9 Å². The molecule has 0 aliphatic carbocycles. The lowest BCUT2D eigenvalue weighted by Gasteiger charge is -2.11. The van der Waals surface area contributed by atoms with Gasteiger partial charge in [0.1, 0.15) is 0 Å². The third-order valence-corrected chi connectivity index (χ3v) is 3.49. The zero-order valence-corrected chi connectivity index (χ0v) is 11.1. The molecule has 1 aromatic carbocycles. The van der Waals surface area contributed by atoms with Gasteiger partial charge in [-0.05, 0) is 18.9 Å². The van der Waals surface area contributed by atoms with Crippen LogP contribution >= 0.6 is 0 Å². The number of anilines is 1. The van der Waals surface area contributed by atoms with E-state index in [-0.39, 0.29) is 0 Å². The van der Waals surface area contributed by atoms with Crippen LogP contribution in [0, 0.1) is 11.8 Å². The number of imidazole rings is 1. The molecule has 19 heavy (non-hydrogen) atoms. The molecule has 0 saturated heterocycles. The lowest BCUT2D eigenvalue weighted by molar-refractivity contribution is 0.725. The maximum atomic E-state index is 4.29. The summed E-state index contributed by atoms with van der Waals surface area (Å²) < 4.78 is 2.18. The van der Waals surface area contributed by atoms with Crippen molar-refractivity contribution in [2.24, 2.45) is 0 Å². The Kier molecular flexibility index (Phi) is 3.24. The lowest BCUT2D eigenvalue weighted by atomic mass is 10.1. The van der Waals surface area contributed by atoms with Gasteiger partial charge in [0.2, 0.25) is 0 Å². The van der Waals surface area contributed by atoms with Crippen molar-refractivity contribution < 1.29 is 0 Å². The Morgan fingerprint density at radius 2 is 2.37 bits per heavy atom. The van der Waals surface area contributed by atoms with Crippen molar-refractivity contribution in [3.05, 3.63) is 36.3 Å². The zero-order chi connectivity index (χ0) is 13.1. The molecule has 0 bridgehead atoms. The molecule has 0 radical (unpaired) electrons. The van der Waals surface area contributed by atoms with Crippen molar-refractivity contribution in [3.8, 4) is 23.1 Å². The maximum absolute atomic E-state index is 4.29. The molecule has 0 unspecified atom stereocenters. The van der Waals surface area contributed by atoms with Crippen molar-refractivity contribution in [1.82, 2.24) is 9.55 Å². The number of nitrogens with zero attached hydrogens (tertiary/aromatic N) is 2. The Balaban J connectivity index is 1.96. The highest BCUT2D eigenvalue weighted by Crippen LogP contribution is 2.34. The van der Waals surface area contributed by atoms with Crippen LogP contribution in [0.2, 0.25) is 0 Å². The number of hydrogen-bond acceptors (Lipinski definition) is 2. The standard InChI is InChI=1S/C16H17N3/c1-2-3-4-10-19-12-17-11-15(19)14-7-5-6-13-8-9-18-16(13)14/h5-7,11-12,18H,4,8-10H2,1H3. The van der Waals surface area contributed by atoms with Gasteiger partial charge in [0, 0.05) is 30.8 Å². The van der Waals surface area contributed by atoms with Gasteiger partial charge >= 0.3 is 0 Å². The quantitative estimate of drug-likeness (QED) is 0.850. The lowest BCUT2D eigenvalue weighted by Crippen LogP contribution is -2.00. The molecule has 0 amide bonds. The van der Waals surface area contributed by atoms with Gasteiger partial charge in [-0.25, -0.2) is 4.98 Å². The van der Waals surface area contributed by atoms with Gasteiger partial charge in [-0.2, -0.15) is 0 Å². The molecule has 3 heteroatoms. The number of nitrogens with one attached hydrogen (secondary N) is 1. The molecular formula is C16H17N3. The average Bonchev–Trinajstić information content (AvgIpc) is 3.07. The van der Waals surface area contributed by atoms with E-state index in [0.29, 0.717) is 0 Å². The fraction of sp³-hybridized carbons (Fsp3) is 0.312. The first-order valence-electron chi connectivity index (χ1n) is 6.66. The second-order valence-electron chi connectivity index (χ2n) is 4.67. The predicted molar refractivity (Wildman–Crippen MR) is 77.9 cm³/mol. The van der Waals surface area contributed by atoms with Crippen LogP contribution in [0.15, 0.2) is 30.7 Å². The van der Waals surface area contributed by atoms with E-state index < -0.39 is 0 Å².